The Balaban J connectivity index is 0.00000512. The van der Waals surface area contributed by atoms with Gasteiger partial charge in [0.05, 0.1) is 25.3 Å². The number of pyridine rings is 1. The number of amides is 1. The van der Waals surface area contributed by atoms with Gasteiger partial charge in [0.1, 0.15) is 11.4 Å². The standard InChI is InChI=1S/C22H38N6O3.HI/c1-7-23-19(26-16-22(5,6)27-20(29)31-21(2,3)4)25-15-17-9-8-10-24-18(17)28-11-13-30-14-12-28;/h8-10H,7,11-16H2,1-6H3,(H,27,29)(H2,23,25,26);1H. The van der Waals surface area contributed by atoms with Crippen LogP contribution in [0.15, 0.2) is 23.3 Å². The highest BCUT2D eigenvalue weighted by Crippen LogP contribution is 2.19. The lowest BCUT2D eigenvalue weighted by Crippen LogP contribution is -2.54. The number of aliphatic imine (C=N–C) groups is 1. The normalized spacial score (nSPS) is 14.9. The number of guanidine groups is 1. The van der Waals surface area contributed by atoms with Crippen LogP contribution < -0.4 is 20.9 Å². The van der Waals surface area contributed by atoms with Gasteiger partial charge in [-0.25, -0.2) is 14.8 Å². The zero-order valence-corrected chi connectivity index (χ0v) is 22.5. The summed E-state index contributed by atoms with van der Waals surface area (Å²) in [6, 6.07) is 3.99. The van der Waals surface area contributed by atoms with Crippen LogP contribution in [0.3, 0.4) is 0 Å². The molecular weight excluding hydrogens is 523 g/mol. The summed E-state index contributed by atoms with van der Waals surface area (Å²) >= 11 is 0. The van der Waals surface area contributed by atoms with Gasteiger partial charge in [0.15, 0.2) is 5.96 Å². The summed E-state index contributed by atoms with van der Waals surface area (Å²) in [7, 11) is 0. The van der Waals surface area contributed by atoms with Gasteiger partial charge in [-0.1, -0.05) is 6.07 Å². The molecule has 0 bridgehead atoms. The molecule has 0 aliphatic carbocycles. The van der Waals surface area contributed by atoms with Gasteiger partial charge in [0.2, 0.25) is 0 Å². The van der Waals surface area contributed by atoms with Crippen molar-refractivity contribution in [1.82, 2.24) is 20.9 Å². The van der Waals surface area contributed by atoms with Crippen LogP contribution in [-0.2, 0) is 16.0 Å². The van der Waals surface area contributed by atoms with Crippen molar-refractivity contribution in [3.8, 4) is 0 Å². The predicted molar refractivity (Wildman–Crippen MR) is 139 cm³/mol. The van der Waals surface area contributed by atoms with Crippen molar-refractivity contribution in [1.29, 1.82) is 0 Å². The van der Waals surface area contributed by atoms with Gasteiger partial charge in [-0.15, -0.1) is 24.0 Å². The van der Waals surface area contributed by atoms with Crippen LogP contribution in [0.5, 0.6) is 0 Å². The van der Waals surface area contributed by atoms with Crippen molar-refractivity contribution >= 4 is 41.8 Å². The Kier molecular flexibility index (Phi) is 11.5. The maximum absolute atomic E-state index is 12.1. The average Bonchev–Trinajstić information content (AvgIpc) is 2.69. The molecule has 0 aromatic carbocycles. The van der Waals surface area contributed by atoms with Crippen molar-refractivity contribution in [3.05, 3.63) is 23.9 Å². The maximum atomic E-state index is 12.1. The van der Waals surface area contributed by atoms with Gasteiger partial charge >= 0.3 is 6.09 Å². The SMILES string of the molecule is CCNC(=NCc1cccnc1N1CCOCC1)NCC(C)(C)NC(=O)OC(C)(C)C.I. The van der Waals surface area contributed by atoms with E-state index in [1.54, 1.807) is 0 Å². The molecule has 0 atom stereocenters. The second kappa shape index (κ2) is 13.0. The summed E-state index contributed by atoms with van der Waals surface area (Å²) in [6.45, 7) is 16.2. The van der Waals surface area contributed by atoms with E-state index in [1.807, 2.05) is 53.8 Å². The summed E-state index contributed by atoms with van der Waals surface area (Å²) in [5, 5.41) is 9.47. The van der Waals surface area contributed by atoms with E-state index in [0.29, 0.717) is 32.3 Å². The molecule has 0 spiro atoms. The van der Waals surface area contributed by atoms with Gasteiger partial charge in [0.25, 0.3) is 0 Å². The number of hydrogen-bond acceptors (Lipinski definition) is 6. The van der Waals surface area contributed by atoms with Gasteiger partial charge in [-0.3, -0.25) is 0 Å². The molecule has 2 rings (SSSR count). The molecule has 0 saturated carbocycles. The minimum Gasteiger partial charge on any atom is -0.444 e. The monoisotopic (exact) mass is 562 g/mol. The molecular formula is C22H39IN6O3. The topological polar surface area (TPSA) is 100 Å². The van der Waals surface area contributed by atoms with Crippen LogP contribution in [0.25, 0.3) is 0 Å². The van der Waals surface area contributed by atoms with Crippen molar-refractivity contribution in [2.24, 2.45) is 4.99 Å². The van der Waals surface area contributed by atoms with Crippen molar-refractivity contribution in [2.45, 2.75) is 59.2 Å². The molecule has 0 unspecified atom stereocenters. The maximum Gasteiger partial charge on any atom is 0.408 e. The third-order valence-electron chi connectivity index (χ3n) is 4.47. The second-order valence-corrected chi connectivity index (χ2v) is 9.15. The first-order valence-corrected chi connectivity index (χ1v) is 10.9. The van der Waals surface area contributed by atoms with E-state index in [9.17, 15) is 4.79 Å². The first kappa shape index (κ1) is 28.2. The fourth-order valence-electron chi connectivity index (χ4n) is 3.05. The van der Waals surface area contributed by atoms with E-state index >= 15 is 0 Å². The number of carbonyl (C=O) groups excluding carboxylic acids is 1. The molecule has 32 heavy (non-hydrogen) atoms. The smallest absolute Gasteiger partial charge is 0.408 e. The van der Waals surface area contributed by atoms with E-state index in [1.165, 1.54) is 0 Å². The average molecular weight is 562 g/mol. The lowest BCUT2D eigenvalue weighted by Gasteiger charge is -2.30. The highest BCUT2D eigenvalue weighted by Gasteiger charge is 2.25. The predicted octanol–water partition coefficient (Wildman–Crippen LogP) is 2.89. The highest BCUT2D eigenvalue weighted by molar-refractivity contribution is 14.0. The summed E-state index contributed by atoms with van der Waals surface area (Å²) in [5.41, 5.74) is 0.00486. The largest absolute Gasteiger partial charge is 0.444 e. The minimum atomic E-state index is -0.536. The van der Waals surface area contributed by atoms with E-state index in [4.69, 9.17) is 14.5 Å². The summed E-state index contributed by atoms with van der Waals surface area (Å²) in [4.78, 5) is 23.7. The minimum absolute atomic E-state index is 0. The molecule has 1 aliphatic rings. The Morgan fingerprint density at radius 1 is 1.22 bits per heavy atom. The van der Waals surface area contributed by atoms with Crippen LogP contribution in [0.4, 0.5) is 10.6 Å². The third kappa shape index (κ3) is 10.2. The number of aromatic nitrogens is 1. The van der Waals surface area contributed by atoms with Crippen LogP contribution in [-0.4, -0.2) is 67.6 Å². The number of alkyl carbamates (subject to hydrolysis) is 1. The molecule has 0 radical (unpaired) electrons. The van der Waals surface area contributed by atoms with E-state index in [-0.39, 0.29) is 24.0 Å². The van der Waals surface area contributed by atoms with Crippen LogP contribution in [0, 0.1) is 0 Å². The van der Waals surface area contributed by atoms with E-state index < -0.39 is 17.2 Å². The third-order valence-corrected chi connectivity index (χ3v) is 4.47. The molecule has 9 nitrogen and oxygen atoms in total. The molecule has 1 aliphatic heterocycles. The number of rotatable bonds is 7. The molecule has 1 saturated heterocycles. The molecule has 1 fully saturated rings. The summed E-state index contributed by atoms with van der Waals surface area (Å²) in [5.74, 6) is 1.63. The number of hydrogen-bond donors (Lipinski definition) is 3. The Hall–Kier alpha value is -1.82. The number of carbonyl (C=O) groups is 1. The molecule has 2 heterocycles. The van der Waals surface area contributed by atoms with Crippen molar-refractivity contribution < 1.29 is 14.3 Å². The zero-order valence-electron chi connectivity index (χ0n) is 20.2. The fourth-order valence-corrected chi connectivity index (χ4v) is 3.05. The number of nitrogens with zero attached hydrogens (tertiary/aromatic N) is 3. The fraction of sp³-hybridized carbons (Fsp3) is 0.682. The summed E-state index contributed by atoms with van der Waals surface area (Å²) in [6.07, 6.45) is 1.37. The molecule has 3 N–H and O–H groups in total. The molecule has 1 aromatic heterocycles. The van der Waals surface area contributed by atoms with Gasteiger partial charge in [-0.05, 0) is 47.6 Å². The quantitative estimate of drug-likeness (QED) is 0.267. The van der Waals surface area contributed by atoms with Crippen LogP contribution in [0.2, 0.25) is 0 Å². The molecule has 1 amide bonds. The Bertz CT molecular complexity index is 745. The Morgan fingerprint density at radius 3 is 2.53 bits per heavy atom. The zero-order chi connectivity index (χ0) is 22.9. The lowest BCUT2D eigenvalue weighted by molar-refractivity contribution is 0.0474. The van der Waals surface area contributed by atoms with E-state index in [0.717, 1.165) is 31.0 Å². The highest BCUT2D eigenvalue weighted by atomic mass is 127. The van der Waals surface area contributed by atoms with E-state index in [2.05, 4.69) is 31.9 Å². The van der Waals surface area contributed by atoms with Crippen LogP contribution >= 0.6 is 24.0 Å². The van der Waals surface area contributed by atoms with Gasteiger partial charge in [-0.2, -0.15) is 0 Å². The van der Waals surface area contributed by atoms with Gasteiger partial charge < -0.3 is 30.3 Å². The second-order valence-electron chi connectivity index (χ2n) is 9.15. The number of ether oxygens (including phenoxy) is 2. The first-order valence-electron chi connectivity index (χ1n) is 10.9. The Morgan fingerprint density at radius 2 is 1.91 bits per heavy atom. The van der Waals surface area contributed by atoms with Crippen LogP contribution in [0.1, 0.15) is 47.1 Å². The first-order chi connectivity index (χ1) is 14.6. The molecule has 1 aromatic rings. The van der Waals surface area contributed by atoms with Gasteiger partial charge in [0, 0.05) is 37.9 Å². The van der Waals surface area contributed by atoms with Crippen molar-refractivity contribution in [2.75, 3.05) is 44.3 Å². The summed E-state index contributed by atoms with van der Waals surface area (Å²) < 4.78 is 10.8. The number of morpholine rings is 1. The van der Waals surface area contributed by atoms with Crippen molar-refractivity contribution in [3.63, 3.8) is 0 Å². The lowest BCUT2D eigenvalue weighted by atomic mass is 10.1. The number of nitrogens with one attached hydrogen (secondary N) is 3. The molecule has 10 heteroatoms. The molecule has 182 valence electrons. The Labute approximate surface area is 209 Å². The number of halogens is 1. The number of anilines is 1.